The Balaban J connectivity index is 2.72. The molecule has 0 saturated heterocycles. The maximum atomic E-state index is 5.86. The summed E-state index contributed by atoms with van der Waals surface area (Å²) >= 11 is 4.26. The first-order valence-electron chi connectivity index (χ1n) is 5.93. The zero-order valence-electron chi connectivity index (χ0n) is 10.7. The third kappa shape index (κ3) is 4.98. The van der Waals surface area contributed by atoms with Crippen LogP contribution >= 0.6 is 12.6 Å². The molecule has 0 saturated carbocycles. The molecule has 1 aromatic carbocycles. The zero-order valence-corrected chi connectivity index (χ0v) is 11.6. The highest BCUT2D eigenvalue weighted by molar-refractivity contribution is 7.81. The van der Waals surface area contributed by atoms with E-state index < -0.39 is 5.06 Å². The summed E-state index contributed by atoms with van der Waals surface area (Å²) in [4.78, 5) is 0. The largest absolute Gasteiger partial charge is 0.464 e. The lowest BCUT2D eigenvalue weighted by Gasteiger charge is -2.23. The Bertz CT molecular complexity index is 355. The Morgan fingerprint density at radius 3 is 2.82 bits per heavy atom. The van der Waals surface area contributed by atoms with Crippen molar-refractivity contribution in [3.63, 3.8) is 0 Å². The number of nitrogens with two attached hydrogens (primary N) is 1. The minimum Gasteiger partial charge on any atom is -0.464 e. The van der Waals surface area contributed by atoms with Gasteiger partial charge in [-0.15, -0.1) is 12.6 Å². The summed E-state index contributed by atoms with van der Waals surface area (Å²) in [6.07, 6.45) is 1.61. The number of hydrogen-bond acceptors (Lipinski definition) is 4. The van der Waals surface area contributed by atoms with Crippen molar-refractivity contribution in [3.05, 3.63) is 29.8 Å². The Morgan fingerprint density at radius 1 is 1.53 bits per heavy atom. The first-order valence-corrected chi connectivity index (χ1v) is 6.38. The van der Waals surface area contributed by atoms with Gasteiger partial charge in [-0.05, 0) is 38.1 Å². The molecule has 0 spiro atoms. The monoisotopic (exact) mass is 254 g/mol. The Kier molecular flexibility index (Phi) is 5.31. The van der Waals surface area contributed by atoms with Crippen LogP contribution in [0.5, 0.6) is 5.75 Å². The van der Waals surface area contributed by atoms with Crippen LogP contribution in [0.25, 0.3) is 0 Å². The van der Waals surface area contributed by atoms with Gasteiger partial charge >= 0.3 is 0 Å². The van der Waals surface area contributed by atoms with Gasteiger partial charge in [0.2, 0.25) is 5.06 Å². The third-order valence-corrected chi connectivity index (χ3v) is 3.14. The van der Waals surface area contributed by atoms with Gasteiger partial charge in [0.15, 0.2) is 0 Å². The lowest BCUT2D eigenvalue weighted by Crippen LogP contribution is -2.39. The van der Waals surface area contributed by atoms with Crippen molar-refractivity contribution in [3.8, 4) is 5.75 Å². The van der Waals surface area contributed by atoms with Crippen LogP contribution in [0.2, 0.25) is 0 Å². The van der Waals surface area contributed by atoms with Crippen molar-refractivity contribution < 1.29 is 4.74 Å². The van der Waals surface area contributed by atoms with Crippen LogP contribution in [-0.2, 0) is 6.42 Å². The molecule has 1 rings (SSSR count). The Hall–Kier alpha value is -0.710. The van der Waals surface area contributed by atoms with Crippen molar-refractivity contribution in [2.75, 3.05) is 7.05 Å². The van der Waals surface area contributed by atoms with E-state index in [2.05, 4.69) is 30.9 Å². The summed E-state index contributed by atoms with van der Waals surface area (Å²) in [6.45, 7) is 4.09. The van der Waals surface area contributed by atoms with Crippen molar-refractivity contribution >= 4 is 12.6 Å². The van der Waals surface area contributed by atoms with E-state index in [1.807, 2.05) is 32.2 Å². The minimum absolute atomic E-state index is 0.440. The summed E-state index contributed by atoms with van der Waals surface area (Å²) in [6, 6.07) is 8.42. The van der Waals surface area contributed by atoms with E-state index in [1.54, 1.807) is 0 Å². The van der Waals surface area contributed by atoms with Gasteiger partial charge < -0.3 is 10.1 Å². The topological polar surface area (TPSA) is 47.3 Å². The predicted octanol–water partition coefficient (Wildman–Crippen LogP) is 2.17. The van der Waals surface area contributed by atoms with E-state index in [9.17, 15) is 0 Å². The summed E-state index contributed by atoms with van der Waals surface area (Å²) in [5.41, 5.74) is 7.08. The van der Waals surface area contributed by atoms with Gasteiger partial charge in [-0.1, -0.05) is 19.1 Å². The molecule has 2 unspecified atom stereocenters. The number of likely N-dealkylation sites (N-methyl/N-ethyl adjacent to an activating group) is 1. The van der Waals surface area contributed by atoms with Gasteiger partial charge in [0.25, 0.3) is 0 Å². The fraction of sp³-hybridized carbons (Fsp3) is 0.538. The second-order valence-corrected chi connectivity index (χ2v) is 5.10. The molecule has 0 aliphatic carbocycles. The quantitative estimate of drug-likeness (QED) is 0.538. The number of hydrogen-bond donors (Lipinski definition) is 3. The van der Waals surface area contributed by atoms with Gasteiger partial charge in [0, 0.05) is 12.5 Å². The van der Waals surface area contributed by atoms with E-state index in [4.69, 9.17) is 10.5 Å². The van der Waals surface area contributed by atoms with Crippen molar-refractivity contribution in [1.82, 2.24) is 5.32 Å². The summed E-state index contributed by atoms with van der Waals surface area (Å²) in [5, 5.41) is 2.32. The first kappa shape index (κ1) is 14.4. The Morgan fingerprint density at radius 2 is 2.24 bits per heavy atom. The van der Waals surface area contributed by atoms with E-state index in [0.29, 0.717) is 12.5 Å². The molecule has 0 aromatic heterocycles. The van der Waals surface area contributed by atoms with Crippen molar-refractivity contribution in [2.24, 2.45) is 5.73 Å². The zero-order chi connectivity index (χ0) is 12.9. The number of benzene rings is 1. The van der Waals surface area contributed by atoms with Gasteiger partial charge in [-0.2, -0.15) is 0 Å². The molecule has 3 nitrogen and oxygen atoms in total. The average Bonchev–Trinajstić information content (AvgIpc) is 2.29. The maximum absolute atomic E-state index is 5.86. The molecule has 4 heteroatoms. The summed E-state index contributed by atoms with van der Waals surface area (Å²) < 4.78 is 5.63. The van der Waals surface area contributed by atoms with Crippen LogP contribution in [0.15, 0.2) is 24.3 Å². The molecular weight excluding hydrogens is 232 g/mol. The van der Waals surface area contributed by atoms with Crippen LogP contribution in [0.3, 0.4) is 0 Å². The van der Waals surface area contributed by atoms with Gasteiger partial charge in [0.05, 0.1) is 0 Å². The number of nitrogens with one attached hydrogen (secondary N) is 1. The highest BCUT2D eigenvalue weighted by Gasteiger charge is 2.18. The van der Waals surface area contributed by atoms with Gasteiger partial charge in [-0.25, -0.2) is 0 Å². The average molecular weight is 254 g/mol. The second-order valence-electron chi connectivity index (χ2n) is 4.34. The molecule has 0 radical (unpaired) electrons. The van der Waals surface area contributed by atoms with Crippen LogP contribution in [-0.4, -0.2) is 18.1 Å². The first-order chi connectivity index (χ1) is 7.96. The number of ether oxygens (including phenoxy) is 1. The molecule has 17 heavy (non-hydrogen) atoms. The van der Waals surface area contributed by atoms with Crippen LogP contribution in [0, 0.1) is 0 Å². The SMILES string of the molecule is CCC(N)(S)Oc1cccc(CC(C)NC)c1. The van der Waals surface area contributed by atoms with Crippen LogP contribution in [0.4, 0.5) is 0 Å². The fourth-order valence-electron chi connectivity index (χ4n) is 1.47. The highest BCUT2D eigenvalue weighted by Crippen LogP contribution is 2.21. The summed E-state index contributed by atoms with van der Waals surface area (Å²) in [5.74, 6) is 0.769. The predicted molar refractivity (Wildman–Crippen MR) is 75.5 cm³/mol. The highest BCUT2D eigenvalue weighted by atomic mass is 32.1. The molecule has 0 bridgehead atoms. The van der Waals surface area contributed by atoms with Gasteiger partial charge in [-0.3, -0.25) is 5.73 Å². The minimum atomic E-state index is -0.896. The van der Waals surface area contributed by atoms with Crippen molar-refractivity contribution in [1.29, 1.82) is 0 Å². The summed E-state index contributed by atoms with van der Waals surface area (Å²) in [7, 11) is 1.96. The van der Waals surface area contributed by atoms with E-state index >= 15 is 0 Å². The van der Waals surface area contributed by atoms with Crippen LogP contribution in [0.1, 0.15) is 25.8 Å². The smallest absolute Gasteiger partial charge is 0.203 e. The lowest BCUT2D eigenvalue weighted by atomic mass is 10.1. The van der Waals surface area contributed by atoms with E-state index in [1.165, 1.54) is 5.56 Å². The third-order valence-electron chi connectivity index (χ3n) is 2.73. The standard InChI is InChI=1S/C13H22N2OS/c1-4-13(14,17)16-12-7-5-6-11(9-12)8-10(2)15-3/h5-7,9-10,15,17H,4,8,14H2,1-3H3. The fourth-order valence-corrected chi connectivity index (χ4v) is 1.57. The number of thiol groups is 1. The normalized spacial score (nSPS) is 16.3. The molecule has 0 fully saturated rings. The molecule has 0 heterocycles. The molecule has 96 valence electrons. The van der Waals surface area contributed by atoms with E-state index in [-0.39, 0.29) is 0 Å². The second kappa shape index (κ2) is 6.28. The molecule has 2 atom stereocenters. The molecule has 0 aliphatic rings. The van der Waals surface area contributed by atoms with Crippen molar-refractivity contribution in [2.45, 2.75) is 37.8 Å². The maximum Gasteiger partial charge on any atom is 0.203 e. The van der Waals surface area contributed by atoms with Gasteiger partial charge in [0.1, 0.15) is 5.75 Å². The Labute approximate surface area is 109 Å². The number of rotatable bonds is 6. The molecule has 3 N–H and O–H groups in total. The molecule has 0 amide bonds. The van der Waals surface area contributed by atoms with E-state index in [0.717, 1.165) is 12.2 Å². The molecule has 1 aromatic rings. The lowest BCUT2D eigenvalue weighted by molar-refractivity contribution is 0.171. The molecular formula is C13H22N2OS. The molecule has 0 aliphatic heterocycles. The van der Waals surface area contributed by atoms with Crippen LogP contribution < -0.4 is 15.8 Å².